The second-order valence-electron chi connectivity index (χ2n) is 23.3. The minimum Gasteiger partial charge on any atom is -0.491 e. The second kappa shape index (κ2) is 28.0. The predicted molar refractivity (Wildman–Crippen MR) is 307 cm³/mol. The number of alkyl halides is 1. The first-order valence-electron chi connectivity index (χ1n) is 27.7. The van der Waals surface area contributed by atoms with E-state index >= 15 is 0 Å². The van der Waals surface area contributed by atoms with Crippen LogP contribution in [-0.4, -0.2) is 202 Å². The van der Waals surface area contributed by atoms with Crippen molar-refractivity contribution in [2.24, 2.45) is 17.8 Å². The molecule has 0 spiro atoms. The molecule has 2 aromatic carbocycles. The van der Waals surface area contributed by atoms with E-state index in [0.29, 0.717) is 44.9 Å². The molecule has 3 aliphatic heterocycles. The summed E-state index contributed by atoms with van der Waals surface area (Å²) in [7, 11) is 5.26. The van der Waals surface area contributed by atoms with Gasteiger partial charge in [0.1, 0.15) is 48.0 Å². The number of halogens is 1. The number of nitrogens with zero attached hydrogens (tertiary/aromatic N) is 7. The highest BCUT2D eigenvalue weighted by Crippen LogP contribution is 2.41. The van der Waals surface area contributed by atoms with Crippen molar-refractivity contribution in [3.63, 3.8) is 0 Å². The van der Waals surface area contributed by atoms with E-state index in [0.717, 1.165) is 22.5 Å². The average molecular weight is 1250 g/mol. The molecule has 0 amide bonds. The Balaban J connectivity index is 1.10. The summed E-state index contributed by atoms with van der Waals surface area (Å²) in [5.74, 6) is -2.19. The van der Waals surface area contributed by atoms with Crippen molar-refractivity contribution < 1.29 is 68.2 Å². The Morgan fingerprint density at radius 1 is 0.925 bits per heavy atom. The van der Waals surface area contributed by atoms with E-state index in [1.54, 1.807) is 39.3 Å². The molecule has 0 radical (unpaired) electrons. The van der Waals surface area contributed by atoms with Gasteiger partial charge in [-0.1, -0.05) is 53.9 Å². The van der Waals surface area contributed by atoms with Crippen LogP contribution in [0.5, 0.6) is 5.75 Å². The highest BCUT2D eigenvalue weighted by molar-refractivity contribution is 14.1. The van der Waals surface area contributed by atoms with Crippen molar-refractivity contribution >= 4 is 40.1 Å². The Kier molecular flexibility index (Phi) is 22.5. The number of rotatable bonds is 18. The van der Waals surface area contributed by atoms with E-state index in [4.69, 9.17) is 37.9 Å². The number of benzene rings is 2. The number of carbonyl (C=O) groups is 1. The number of carbonyl (C=O) groups excluding carboxylic acids is 1. The third kappa shape index (κ3) is 15.9. The zero-order valence-corrected chi connectivity index (χ0v) is 51.3. The highest BCUT2D eigenvalue weighted by atomic mass is 127. The van der Waals surface area contributed by atoms with Crippen LogP contribution in [0.25, 0.3) is 11.3 Å². The summed E-state index contributed by atoms with van der Waals surface area (Å²) in [6.07, 6.45) is -6.02. The Labute approximate surface area is 488 Å². The molecule has 19 atom stereocenters. The maximum absolute atomic E-state index is 14.4. The molecule has 5 heterocycles. The van der Waals surface area contributed by atoms with E-state index in [2.05, 4.69) is 24.8 Å². The molecule has 7 rings (SSSR count). The van der Waals surface area contributed by atoms with Gasteiger partial charge in [0.15, 0.2) is 16.7 Å². The predicted octanol–water partition coefficient (Wildman–Crippen LogP) is 5.44. The Morgan fingerprint density at radius 3 is 2.31 bits per heavy atom. The maximum Gasteiger partial charge on any atom is 0.312 e. The zero-order chi connectivity index (χ0) is 58.3. The van der Waals surface area contributed by atoms with Gasteiger partial charge in [-0.05, 0) is 145 Å². The Hall–Kier alpha value is -3.38. The molecule has 5 N–H and O–H groups in total. The van der Waals surface area contributed by atoms with Gasteiger partial charge in [-0.3, -0.25) is 4.79 Å². The maximum atomic E-state index is 14.4. The first kappa shape index (κ1) is 64.2. The summed E-state index contributed by atoms with van der Waals surface area (Å²) >= 11 is 3.13. The van der Waals surface area contributed by atoms with Gasteiger partial charge in [-0.15, -0.1) is 10.2 Å². The van der Waals surface area contributed by atoms with Crippen molar-refractivity contribution in [2.75, 3.05) is 47.5 Å². The van der Waals surface area contributed by atoms with Gasteiger partial charge >= 0.3 is 5.97 Å². The lowest BCUT2D eigenvalue weighted by Crippen LogP contribution is -2.60. The molecule has 0 saturated carbocycles. The lowest BCUT2D eigenvalue weighted by molar-refractivity contribution is -0.318. The first-order valence-corrected chi connectivity index (χ1v) is 29.8. The molecule has 3 aliphatic rings. The topological polar surface area (TPSA) is 255 Å². The number of cyclic esters (lactones) is 1. The van der Waals surface area contributed by atoms with Crippen molar-refractivity contribution in [2.45, 2.75) is 189 Å². The second-order valence-corrected chi connectivity index (χ2v) is 25.1. The third-order valence-corrected chi connectivity index (χ3v) is 18.6. The lowest BCUT2D eigenvalue weighted by atomic mass is 9.77. The summed E-state index contributed by atoms with van der Waals surface area (Å²) < 4.78 is 55.3. The molecular weight excluding hydrogens is 1170 g/mol. The monoisotopic (exact) mass is 1250 g/mol. The number of hydrogen-bond donors (Lipinski definition) is 5. The number of aliphatic hydroxyl groups excluding tert-OH is 3. The van der Waals surface area contributed by atoms with Gasteiger partial charge < -0.3 is 73.2 Å². The molecule has 3 saturated heterocycles. The molecule has 3 fully saturated rings. The number of methoxy groups -OCH3 is 1. The SMILES string of the molecule is CO[C@]1(C)C[C@H](O[C@H]2[C@H](C)[C@@H](O[C@@H]3O[C@H](C)C[C@H](N(C)CCc4cn([C@H](COCc5ccccc5)COc5ccc(-c6csnn6)cc5)nn4)[C@H]3O)[C@](C)(O)C[C@@H](C)CN(C)[C@H](C)[C@@H](O)[C@](C)(O)[C@@H](I)OC(=O)[C@@H]2C)O[C@@H](C)[C@@H]1O. The highest BCUT2D eigenvalue weighted by Gasteiger charge is 2.53. The van der Waals surface area contributed by atoms with Gasteiger partial charge in [0.05, 0.1) is 60.4 Å². The quantitative estimate of drug-likeness (QED) is 0.0472. The number of hydrogen-bond acceptors (Lipinski definition) is 21. The molecule has 446 valence electrons. The van der Waals surface area contributed by atoms with Gasteiger partial charge in [0.25, 0.3) is 0 Å². The standard InChI is InChI=1S/C57H86IN7O14S/c1-33-25-55(7,70)51(35(3)48(77-46-26-56(8,72-12)50(68)38(6)76-46)36(4)52(69)79-54(58)57(9,71)49(67)37(5)64(11)27-33)78-53-47(66)45(24-34(2)75-53)63(10)23-22-41-28-65(61-59-41)42(30-73-29-39-16-14-13-15-17-39)31-74-43-20-18-40(19-21-43)44-32-80-62-60-44/h13-21,28,32-38,42,45-51,53-54,66-68,70-71H,22-27,29-31H2,1-12H3/t33-,34-,35+,36-,37-,38+,42-,45+,46+,47-,48+,49-,50+,51-,53+,54+,55-,56-,57+/m1/s1. The fourth-order valence-electron chi connectivity index (χ4n) is 11.4. The van der Waals surface area contributed by atoms with Crippen LogP contribution in [0.2, 0.25) is 0 Å². The van der Waals surface area contributed by atoms with Crippen molar-refractivity contribution in [1.29, 1.82) is 0 Å². The number of aliphatic hydroxyl groups is 5. The number of likely N-dealkylation sites (N-methyl/N-ethyl adjacent to an activating group) is 2. The van der Waals surface area contributed by atoms with Gasteiger partial charge in [-0.2, -0.15) is 0 Å². The third-order valence-electron chi connectivity index (χ3n) is 16.5. The first-order chi connectivity index (χ1) is 37.8. The summed E-state index contributed by atoms with van der Waals surface area (Å²) in [6.45, 7) is 17.6. The molecule has 4 aromatic rings. The molecule has 0 unspecified atom stereocenters. The minimum absolute atomic E-state index is 0.0894. The van der Waals surface area contributed by atoms with E-state index in [9.17, 15) is 30.3 Å². The van der Waals surface area contributed by atoms with Gasteiger partial charge in [0.2, 0.25) is 0 Å². The van der Waals surface area contributed by atoms with Crippen LogP contribution in [0.4, 0.5) is 0 Å². The van der Waals surface area contributed by atoms with Crippen molar-refractivity contribution in [3.05, 3.63) is 77.4 Å². The molecule has 80 heavy (non-hydrogen) atoms. The molecule has 0 bridgehead atoms. The van der Waals surface area contributed by atoms with Crippen LogP contribution < -0.4 is 4.74 Å². The van der Waals surface area contributed by atoms with E-state index < -0.39 is 100 Å². The van der Waals surface area contributed by atoms with Crippen LogP contribution in [0.3, 0.4) is 0 Å². The van der Waals surface area contributed by atoms with Crippen LogP contribution in [0.1, 0.15) is 98.9 Å². The summed E-state index contributed by atoms with van der Waals surface area (Å²) in [5, 5.41) is 74.9. The van der Waals surface area contributed by atoms with Crippen LogP contribution in [-0.2, 0) is 51.0 Å². The lowest BCUT2D eigenvalue weighted by Gasteiger charge is -2.49. The Morgan fingerprint density at radius 2 is 1.64 bits per heavy atom. The molecule has 0 aliphatic carbocycles. The fraction of sp³-hybridized carbons (Fsp3) is 0.702. The number of aromatic nitrogens is 5. The van der Waals surface area contributed by atoms with E-state index in [1.807, 2.05) is 129 Å². The zero-order valence-electron chi connectivity index (χ0n) is 48.3. The van der Waals surface area contributed by atoms with Crippen molar-refractivity contribution in [3.8, 4) is 17.0 Å². The largest absolute Gasteiger partial charge is 0.491 e. The van der Waals surface area contributed by atoms with Gasteiger partial charge in [-0.25, -0.2) is 4.68 Å². The smallest absolute Gasteiger partial charge is 0.312 e. The molecule has 2 aromatic heterocycles. The summed E-state index contributed by atoms with van der Waals surface area (Å²) in [5.41, 5.74) is -1.08. The van der Waals surface area contributed by atoms with Crippen LogP contribution in [0, 0.1) is 17.8 Å². The van der Waals surface area contributed by atoms with Crippen molar-refractivity contribution in [1.82, 2.24) is 34.4 Å². The summed E-state index contributed by atoms with van der Waals surface area (Å²) in [6, 6.07) is 16.3. The van der Waals surface area contributed by atoms with Crippen LogP contribution in [0.15, 0.2) is 66.2 Å². The molecule has 21 nitrogen and oxygen atoms in total. The minimum atomic E-state index is -1.87. The molecular formula is C57H86IN7O14S. The van der Waals surface area contributed by atoms with E-state index in [1.165, 1.54) is 25.6 Å². The average Bonchev–Trinajstić information content (AvgIpc) is 4.16. The number of ether oxygens (including phenoxy) is 8. The van der Waals surface area contributed by atoms with E-state index in [-0.39, 0.29) is 37.5 Å². The van der Waals surface area contributed by atoms with Gasteiger partial charge in [0, 0.05) is 68.2 Å². The fourth-order valence-corrected chi connectivity index (χ4v) is 12.5. The molecule has 23 heteroatoms. The number of esters is 1. The summed E-state index contributed by atoms with van der Waals surface area (Å²) in [4.78, 5) is 18.4. The Bertz CT molecular complexity index is 2520. The normalized spacial score (nSPS) is 36.7. The van der Waals surface area contributed by atoms with Crippen LogP contribution >= 0.6 is 34.1 Å².